The minimum atomic E-state index is -1.04. The molecule has 2 aliphatic rings. The molecule has 4 rings (SSSR count). The molecule has 0 saturated carbocycles. The van der Waals surface area contributed by atoms with Gasteiger partial charge in [0.25, 0.3) is 0 Å². The molecule has 2 heterocycles. The maximum absolute atomic E-state index is 14.1. The lowest BCUT2D eigenvalue weighted by Gasteiger charge is -2.30. The minimum Gasteiger partial charge on any atom is -0.393 e. The Bertz CT molecular complexity index is 1510. The zero-order valence-corrected chi connectivity index (χ0v) is 31.9. The maximum Gasteiger partial charge on any atom is 0.243 e. The van der Waals surface area contributed by atoms with Crippen molar-refractivity contribution < 1.29 is 33.8 Å². The van der Waals surface area contributed by atoms with Crippen molar-refractivity contribution in [3.63, 3.8) is 0 Å². The normalized spacial score (nSPS) is 19.8. The molecule has 0 spiro atoms. The summed E-state index contributed by atoms with van der Waals surface area (Å²) in [6.07, 6.45) is 2.51. The van der Waals surface area contributed by atoms with Gasteiger partial charge in [0, 0.05) is 19.5 Å². The molecule has 0 aliphatic carbocycles. The Hall–Kier alpha value is -4.13. The van der Waals surface area contributed by atoms with Gasteiger partial charge in [-0.1, -0.05) is 88.4 Å². The fourth-order valence-electron chi connectivity index (χ4n) is 6.65. The molecule has 5 N–H and O–H groups in total. The summed E-state index contributed by atoms with van der Waals surface area (Å²) < 4.78 is 5.41. The predicted octanol–water partition coefficient (Wildman–Crippen LogP) is 2.71. The fourth-order valence-corrected chi connectivity index (χ4v) is 6.65. The molecule has 4 amide bonds. The van der Waals surface area contributed by atoms with Crippen molar-refractivity contribution >= 4 is 29.4 Å². The average molecular weight is 734 g/mol. The van der Waals surface area contributed by atoms with E-state index in [0.29, 0.717) is 51.8 Å². The number of Topliss-reactive ketones (excluding diaryl/α,β-unsaturated/α-hetero) is 1. The molecule has 0 aromatic heterocycles. The number of amides is 4. The number of nitrogens with zero attached hydrogens (tertiary/aromatic N) is 1. The molecule has 290 valence electrons. The van der Waals surface area contributed by atoms with Crippen molar-refractivity contribution in [2.24, 2.45) is 11.8 Å². The molecule has 2 saturated heterocycles. The third kappa shape index (κ3) is 13.7. The number of piperidine rings is 1. The molecular weight excluding hydrogens is 674 g/mol. The highest BCUT2D eigenvalue weighted by Crippen LogP contribution is 2.29. The fraction of sp³-hybridized carbons (Fsp3) is 0.585. The Morgan fingerprint density at radius 3 is 1.79 bits per heavy atom. The van der Waals surface area contributed by atoms with E-state index in [4.69, 9.17) is 4.74 Å². The van der Waals surface area contributed by atoms with Crippen LogP contribution < -0.4 is 21.3 Å². The van der Waals surface area contributed by atoms with Gasteiger partial charge in [0.05, 0.1) is 25.3 Å². The van der Waals surface area contributed by atoms with Gasteiger partial charge in [0.2, 0.25) is 23.6 Å². The lowest BCUT2D eigenvalue weighted by Crippen LogP contribution is -2.59. The second-order valence-corrected chi connectivity index (χ2v) is 15.7. The predicted molar refractivity (Wildman–Crippen MR) is 203 cm³/mol. The van der Waals surface area contributed by atoms with Crippen molar-refractivity contribution in [1.82, 2.24) is 26.2 Å². The molecule has 2 aliphatic heterocycles. The first-order valence-electron chi connectivity index (χ1n) is 19.1. The highest BCUT2D eigenvalue weighted by atomic mass is 16.6. The van der Waals surface area contributed by atoms with Crippen LogP contribution in [0.15, 0.2) is 60.7 Å². The second-order valence-electron chi connectivity index (χ2n) is 15.7. The van der Waals surface area contributed by atoms with Crippen molar-refractivity contribution in [1.29, 1.82) is 0 Å². The third-order valence-corrected chi connectivity index (χ3v) is 9.83. The monoisotopic (exact) mass is 733 g/mol. The van der Waals surface area contributed by atoms with E-state index >= 15 is 0 Å². The summed E-state index contributed by atoms with van der Waals surface area (Å²) in [6.45, 7) is 11.1. The number of epoxide rings is 1. The van der Waals surface area contributed by atoms with Crippen LogP contribution in [0, 0.1) is 11.8 Å². The molecule has 0 bridgehead atoms. The van der Waals surface area contributed by atoms with E-state index in [1.165, 1.54) is 0 Å². The number of benzene rings is 2. The Kier molecular flexibility index (Phi) is 15.6. The van der Waals surface area contributed by atoms with Crippen LogP contribution in [0.2, 0.25) is 0 Å². The quantitative estimate of drug-likeness (QED) is 0.130. The Morgan fingerprint density at radius 2 is 1.23 bits per heavy atom. The van der Waals surface area contributed by atoms with Crippen molar-refractivity contribution in [2.45, 2.75) is 115 Å². The lowest BCUT2D eigenvalue weighted by atomic mass is 9.93. The molecule has 2 aromatic rings. The SMILES string of the molecule is CC(C)C[C@H](NC(=O)[C@H](CCc1ccccc1)NC(=O)CN1CCC(O)CC1)C(=O)N[C@@H](Cc1ccccc1)C(=O)N[C@@H](CC(C)C)C(=O)[C@@]1(C)CO1. The molecular formula is C41H59N5O7. The van der Waals surface area contributed by atoms with Crippen LogP contribution in [0.4, 0.5) is 0 Å². The number of aliphatic hydroxyl groups is 1. The number of aliphatic hydroxyl groups excluding tert-OH is 1. The Labute approximate surface area is 314 Å². The summed E-state index contributed by atoms with van der Waals surface area (Å²) in [5, 5.41) is 21.5. The topological polar surface area (TPSA) is 169 Å². The highest BCUT2D eigenvalue weighted by Gasteiger charge is 2.50. The molecule has 0 radical (unpaired) electrons. The number of nitrogens with one attached hydrogen (secondary N) is 4. The van der Waals surface area contributed by atoms with Crippen molar-refractivity contribution in [2.75, 3.05) is 26.2 Å². The number of carbonyl (C=O) groups is 5. The summed E-state index contributed by atoms with van der Waals surface area (Å²) in [5.41, 5.74) is 0.890. The molecule has 53 heavy (non-hydrogen) atoms. The van der Waals surface area contributed by atoms with Gasteiger partial charge in [-0.05, 0) is 68.4 Å². The van der Waals surface area contributed by atoms with Crippen LogP contribution >= 0.6 is 0 Å². The number of aryl methyl sites for hydroxylation is 1. The molecule has 2 fully saturated rings. The molecule has 2 aromatic carbocycles. The van der Waals surface area contributed by atoms with E-state index in [0.717, 1.165) is 11.1 Å². The van der Waals surface area contributed by atoms with Crippen LogP contribution in [-0.4, -0.2) is 102 Å². The van der Waals surface area contributed by atoms with Gasteiger partial charge >= 0.3 is 0 Å². The molecule has 12 heteroatoms. The first-order chi connectivity index (χ1) is 25.2. The van der Waals surface area contributed by atoms with E-state index < -0.39 is 47.5 Å². The van der Waals surface area contributed by atoms with Crippen LogP contribution in [0.5, 0.6) is 0 Å². The van der Waals surface area contributed by atoms with Crippen LogP contribution in [0.25, 0.3) is 0 Å². The Balaban J connectivity index is 1.51. The van der Waals surface area contributed by atoms with Gasteiger partial charge in [-0.2, -0.15) is 0 Å². The van der Waals surface area contributed by atoms with Gasteiger partial charge in [-0.3, -0.25) is 28.9 Å². The zero-order valence-electron chi connectivity index (χ0n) is 31.9. The van der Waals surface area contributed by atoms with Crippen molar-refractivity contribution in [3.05, 3.63) is 71.8 Å². The number of likely N-dealkylation sites (tertiary alicyclic amines) is 1. The number of ketones is 1. The van der Waals surface area contributed by atoms with Gasteiger partial charge < -0.3 is 31.1 Å². The van der Waals surface area contributed by atoms with Gasteiger partial charge in [0.15, 0.2) is 5.78 Å². The molecule has 0 unspecified atom stereocenters. The zero-order chi connectivity index (χ0) is 38.5. The minimum absolute atomic E-state index is 0.00610. The summed E-state index contributed by atoms with van der Waals surface area (Å²) in [4.78, 5) is 70.6. The molecule has 5 atom stereocenters. The van der Waals surface area contributed by atoms with Gasteiger partial charge in [0.1, 0.15) is 23.7 Å². The summed E-state index contributed by atoms with van der Waals surface area (Å²) in [7, 11) is 0. The largest absolute Gasteiger partial charge is 0.393 e. The van der Waals surface area contributed by atoms with Crippen LogP contribution in [0.1, 0.15) is 77.8 Å². The van der Waals surface area contributed by atoms with Crippen molar-refractivity contribution in [3.8, 4) is 0 Å². The molecule has 12 nitrogen and oxygen atoms in total. The van der Waals surface area contributed by atoms with Gasteiger partial charge in [-0.25, -0.2) is 0 Å². The number of hydrogen-bond donors (Lipinski definition) is 5. The smallest absolute Gasteiger partial charge is 0.243 e. The summed E-state index contributed by atoms with van der Waals surface area (Å²) in [5.74, 6) is -1.92. The van der Waals surface area contributed by atoms with E-state index in [1.807, 2.05) is 93.3 Å². The number of hydrogen-bond acceptors (Lipinski definition) is 8. The maximum atomic E-state index is 14.1. The second kappa shape index (κ2) is 19.8. The average Bonchev–Trinajstić information content (AvgIpc) is 3.88. The van der Waals surface area contributed by atoms with Crippen LogP contribution in [0.3, 0.4) is 0 Å². The lowest BCUT2D eigenvalue weighted by molar-refractivity contribution is -0.135. The highest BCUT2D eigenvalue weighted by molar-refractivity contribution is 5.98. The number of carbonyl (C=O) groups excluding carboxylic acids is 5. The first kappa shape index (κ1) is 41.6. The van der Waals surface area contributed by atoms with E-state index in [1.54, 1.807) is 6.92 Å². The standard InChI is InChI=1S/C41H59N5O7/c1-27(2)22-33(37(49)41(5)26-53-41)43-40(52)35(24-30-14-10-7-11-15-30)45-39(51)34(23-28(3)4)44-38(50)32(17-16-29-12-8-6-9-13-29)42-36(48)25-46-20-18-31(47)19-21-46/h6-15,27-28,31-35,47H,16-26H2,1-5H3,(H,42,48)(H,43,52)(H,44,50)(H,45,51)/t32-,33-,34-,35-,41+/m0/s1. The van der Waals surface area contributed by atoms with E-state index in [9.17, 15) is 29.1 Å². The first-order valence-corrected chi connectivity index (χ1v) is 19.1. The summed E-state index contributed by atoms with van der Waals surface area (Å²) >= 11 is 0. The van der Waals surface area contributed by atoms with E-state index in [-0.39, 0.29) is 49.0 Å². The third-order valence-electron chi connectivity index (χ3n) is 9.83. The Morgan fingerprint density at radius 1 is 0.736 bits per heavy atom. The number of ether oxygens (including phenoxy) is 1. The van der Waals surface area contributed by atoms with Gasteiger partial charge in [-0.15, -0.1) is 0 Å². The summed E-state index contributed by atoms with van der Waals surface area (Å²) in [6, 6.07) is 15.2. The van der Waals surface area contributed by atoms with Crippen LogP contribution in [-0.2, 0) is 41.6 Å². The van der Waals surface area contributed by atoms with E-state index in [2.05, 4.69) is 21.3 Å². The number of rotatable bonds is 20.